The fourth-order valence-corrected chi connectivity index (χ4v) is 6.75. The van der Waals surface area contributed by atoms with Gasteiger partial charge in [0.25, 0.3) is 0 Å². The van der Waals surface area contributed by atoms with Crippen LogP contribution in [0.15, 0.2) is 28.5 Å². The largest absolute Gasteiger partial charge is 0.347 e. The molecule has 0 unspecified atom stereocenters. The van der Waals surface area contributed by atoms with Crippen molar-refractivity contribution >= 4 is 38.1 Å². The van der Waals surface area contributed by atoms with E-state index in [1.807, 2.05) is 13.8 Å². The second-order valence-electron chi connectivity index (χ2n) is 8.88. The molecule has 2 aliphatic rings. The lowest BCUT2D eigenvalue weighted by atomic mass is 10.2. The van der Waals surface area contributed by atoms with E-state index in [9.17, 15) is 13.2 Å². The van der Waals surface area contributed by atoms with Crippen LogP contribution in [0.5, 0.6) is 0 Å². The Balaban J connectivity index is 1.37. The van der Waals surface area contributed by atoms with E-state index in [2.05, 4.69) is 25.5 Å². The Morgan fingerprint density at radius 1 is 1.03 bits per heavy atom. The highest BCUT2D eigenvalue weighted by molar-refractivity contribution is 7.89. The van der Waals surface area contributed by atoms with Crippen LogP contribution in [0, 0.1) is 13.8 Å². The molecule has 0 spiro atoms. The minimum absolute atomic E-state index is 0.121. The highest BCUT2D eigenvalue weighted by Crippen LogP contribution is 2.25. The number of piperidine rings is 1. The van der Waals surface area contributed by atoms with E-state index in [1.165, 1.54) is 0 Å². The van der Waals surface area contributed by atoms with Crippen LogP contribution >= 0.6 is 11.3 Å². The van der Waals surface area contributed by atoms with Crippen molar-refractivity contribution in [3.8, 4) is 0 Å². The standard InChI is InChI=1S/C23H33N5O3S2/c1-18-7-8-20(33(30,31)28-11-4-3-5-12-28)15-21(18)25-22(29)16-26-9-6-10-27(14-13-26)23-24-19(2)17-32-23/h7-8,15,17H,3-6,9-14,16H2,1-2H3,(H,25,29). The molecule has 0 radical (unpaired) electrons. The smallest absolute Gasteiger partial charge is 0.243 e. The van der Waals surface area contributed by atoms with Crippen LogP contribution < -0.4 is 10.2 Å². The zero-order chi connectivity index (χ0) is 23.4. The third-order valence-electron chi connectivity index (χ3n) is 6.27. The first kappa shape index (κ1) is 24.1. The molecule has 0 aliphatic carbocycles. The third kappa shape index (κ3) is 5.92. The van der Waals surface area contributed by atoms with Gasteiger partial charge in [-0.05, 0) is 50.8 Å². The summed E-state index contributed by atoms with van der Waals surface area (Å²) in [7, 11) is -3.54. The summed E-state index contributed by atoms with van der Waals surface area (Å²) in [6, 6.07) is 5.01. The van der Waals surface area contributed by atoms with Crippen LogP contribution in [0.25, 0.3) is 0 Å². The second-order valence-corrected chi connectivity index (χ2v) is 11.7. The van der Waals surface area contributed by atoms with Crippen molar-refractivity contribution in [2.45, 2.75) is 44.4 Å². The Morgan fingerprint density at radius 2 is 1.82 bits per heavy atom. The number of benzene rings is 1. The predicted octanol–water partition coefficient (Wildman–Crippen LogP) is 3.09. The number of rotatable bonds is 6. The molecule has 3 heterocycles. The molecule has 180 valence electrons. The zero-order valence-corrected chi connectivity index (χ0v) is 21.1. The first-order valence-electron chi connectivity index (χ1n) is 11.6. The molecule has 0 bridgehead atoms. The molecule has 2 fully saturated rings. The SMILES string of the molecule is Cc1csc(N2CCCN(CC(=O)Nc3cc(S(=O)(=O)N4CCCCC4)ccc3C)CC2)n1. The summed E-state index contributed by atoms with van der Waals surface area (Å²) < 4.78 is 27.6. The summed E-state index contributed by atoms with van der Waals surface area (Å²) in [4.78, 5) is 22.1. The third-order valence-corrected chi connectivity index (χ3v) is 9.18. The van der Waals surface area contributed by atoms with Crippen molar-refractivity contribution < 1.29 is 13.2 Å². The van der Waals surface area contributed by atoms with Gasteiger partial charge >= 0.3 is 0 Å². The van der Waals surface area contributed by atoms with Gasteiger partial charge in [0.2, 0.25) is 15.9 Å². The van der Waals surface area contributed by atoms with Gasteiger partial charge < -0.3 is 10.2 Å². The van der Waals surface area contributed by atoms with E-state index < -0.39 is 10.0 Å². The predicted molar refractivity (Wildman–Crippen MR) is 133 cm³/mol. The molecule has 1 aromatic heterocycles. The number of carbonyl (C=O) groups is 1. The van der Waals surface area contributed by atoms with Crippen LogP contribution in [0.1, 0.15) is 36.9 Å². The Hall–Kier alpha value is -2.01. The average Bonchev–Trinajstić information content (AvgIpc) is 3.10. The fraction of sp³-hybridized carbons (Fsp3) is 0.565. The summed E-state index contributed by atoms with van der Waals surface area (Å²) in [6.07, 6.45) is 3.82. The van der Waals surface area contributed by atoms with Gasteiger partial charge in [0.05, 0.1) is 17.1 Å². The zero-order valence-electron chi connectivity index (χ0n) is 19.4. The summed E-state index contributed by atoms with van der Waals surface area (Å²) in [6.45, 7) is 8.69. The number of nitrogens with one attached hydrogen (secondary N) is 1. The number of thiazole rings is 1. The van der Waals surface area contributed by atoms with Crippen molar-refractivity contribution in [2.75, 3.05) is 56.0 Å². The Labute approximate surface area is 200 Å². The maximum atomic E-state index is 13.0. The number of anilines is 2. The minimum Gasteiger partial charge on any atom is -0.347 e. The van der Waals surface area contributed by atoms with Crippen molar-refractivity contribution in [1.29, 1.82) is 0 Å². The molecule has 0 saturated carbocycles. The van der Waals surface area contributed by atoms with Gasteiger partial charge in [0.15, 0.2) is 5.13 Å². The summed E-state index contributed by atoms with van der Waals surface area (Å²) in [5.41, 5.74) is 2.45. The topological polar surface area (TPSA) is 85.8 Å². The Bertz CT molecular complexity index is 1080. The molecule has 2 saturated heterocycles. The van der Waals surface area contributed by atoms with E-state index in [0.717, 1.165) is 68.3 Å². The highest BCUT2D eigenvalue weighted by Gasteiger charge is 2.27. The fourth-order valence-electron chi connectivity index (χ4n) is 4.35. The molecular formula is C23H33N5O3S2. The molecule has 1 aromatic carbocycles. The Kier molecular flexibility index (Phi) is 7.68. The van der Waals surface area contributed by atoms with E-state index >= 15 is 0 Å². The molecule has 4 rings (SSSR count). The minimum atomic E-state index is -3.54. The summed E-state index contributed by atoms with van der Waals surface area (Å²) in [5.74, 6) is -0.121. The maximum absolute atomic E-state index is 13.0. The van der Waals surface area contributed by atoms with Gasteiger partial charge in [0.1, 0.15) is 0 Å². The van der Waals surface area contributed by atoms with Crippen LogP contribution in [0.4, 0.5) is 10.8 Å². The number of sulfonamides is 1. The molecule has 33 heavy (non-hydrogen) atoms. The number of aromatic nitrogens is 1. The number of aryl methyl sites for hydroxylation is 2. The van der Waals surface area contributed by atoms with Gasteiger partial charge in [-0.1, -0.05) is 12.5 Å². The molecular weight excluding hydrogens is 458 g/mol. The van der Waals surface area contributed by atoms with E-state index in [0.29, 0.717) is 18.8 Å². The van der Waals surface area contributed by atoms with Gasteiger partial charge in [-0.15, -0.1) is 11.3 Å². The van der Waals surface area contributed by atoms with Gasteiger partial charge in [-0.3, -0.25) is 9.69 Å². The van der Waals surface area contributed by atoms with E-state index in [-0.39, 0.29) is 17.3 Å². The average molecular weight is 492 g/mol. The lowest BCUT2D eigenvalue weighted by Gasteiger charge is -2.26. The molecule has 10 heteroatoms. The lowest BCUT2D eigenvalue weighted by molar-refractivity contribution is -0.117. The quantitative estimate of drug-likeness (QED) is 0.668. The van der Waals surface area contributed by atoms with E-state index in [1.54, 1.807) is 33.8 Å². The van der Waals surface area contributed by atoms with Crippen molar-refractivity contribution in [3.63, 3.8) is 0 Å². The summed E-state index contributed by atoms with van der Waals surface area (Å²) >= 11 is 1.66. The van der Waals surface area contributed by atoms with Crippen LogP contribution in [-0.4, -0.2) is 74.3 Å². The lowest BCUT2D eigenvalue weighted by Crippen LogP contribution is -2.37. The van der Waals surface area contributed by atoms with Crippen molar-refractivity contribution in [1.82, 2.24) is 14.2 Å². The van der Waals surface area contributed by atoms with Gasteiger partial charge in [-0.2, -0.15) is 4.31 Å². The van der Waals surface area contributed by atoms with E-state index in [4.69, 9.17) is 0 Å². The number of carbonyl (C=O) groups excluding carboxylic acids is 1. The van der Waals surface area contributed by atoms with Crippen LogP contribution in [0.2, 0.25) is 0 Å². The highest BCUT2D eigenvalue weighted by atomic mass is 32.2. The monoisotopic (exact) mass is 491 g/mol. The second kappa shape index (κ2) is 10.5. The summed E-state index contributed by atoms with van der Waals surface area (Å²) in [5, 5.41) is 6.06. The van der Waals surface area contributed by atoms with Gasteiger partial charge in [0, 0.05) is 50.3 Å². The molecule has 1 N–H and O–H groups in total. The normalized spacial score (nSPS) is 18.8. The number of hydrogen-bond donors (Lipinski definition) is 1. The molecule has 1 amide bonds. The first-order valence-corrected chi connectivity index (χ1v) is 13.9. The number of amides is 1. The van der Waals surface area contributed by atoms with Gasteiger partial charge in [-0.25, -0.2) is 13.4 Å². The van der Waals surface area contributed by atoms with Crippen molar-refractivity contribution in [2.24, 2.45) is 0 Å². The number of hydrogen-bond acceptors (Lipinski definition) is 7. The van der Waals surface area contributed by atoms with Crippen LogP contribution in [-0.2, 0) is 14.8 Å². The molecule has 2 aliphatic heterocycles. The first-order chi connectivity index (χ1) is 15.8. The van der Waals surface area contributed by atoms with Crippen molar-refractivity contribution in [3.05, 3.63) is 34.8 Å². The number of nitrogens with zero attached hydrogens (tertiary/aromatic N) is 4. The maximum Gasteiger partial charge on any atom is 0.243 e. The molecule has 8 nitrogen and oxygen atoms in total. The Morgan fingerprint density at radius 3 is 2.55 bits per heavy atom. The molecule has 2 aromatic rings. The van der Waals surface area contributed by atoms with Crippen LogP contribution in [0.3, 0.4) is 0 Å². The molecule has 0 atom stereocenters.